The molecule has 0 amide bonds. The normalized spacial score (nSPS) is 11.6. The molecule has 0 heterocycles. The van der Waals surface area contributed by atoms with Crippen molar-refractivity contribution in [1.82, 2.24) is 0 Å². The molecule has 106 valence electrons. The Morgan fingerprint density at radius 2 is 1.89 bits per heavy atom. The quantitative estimate of drug-likeness (QED) is 0.868. The average molecular weight is 285 g/mol. The van der Waals surface area contributed by atoms with Crippen LogP contribution in [0.1, 0.15) is 31.7 Å². The molecule has 0 fully saturated rings. The molecule has 0 saturated carbocycles. The summed E-state index contributed by atoms with van der Waals surface area (Å²) in [5.41, 5.74) is 1.44. The first-order valence-electron chi connectivity index (χ1n) is 6.02. The van der Waals surface area contributed by atoms with Crippen LogP contribution in [0.2, 0.25) is 0 Å². The van der Waals surface area contributed by atoms with Gasteiger partial charge in [-0.1, -0.05) is 32.0 Å². The van der Waals surface area contributed by atoms with Crippen LogP contribution in [0.3, 0.4) is 0 Å². The highest BCUT2D eigenvalue weighted by molar-refractivity contribution is 7.92. The second-order valence-electron chi connectivity index (χ2n) is 4.69. The highest BCUT2D eigenvalue weighted by Crippen LogP contribution is 2.28. The Morgan fingerprint density at radius 1 is 1.32 bits per heavy atom. The maximum Gasteiger partial charge on any atom is 0.305 e. The second-order valence-corrected chi connectivity index (χ2v) is 6.60. The molecule has 0 aliphatic heterocycles. The first kappa shape index (κ1) is 15.5. The Bertz CT molecular complexity index is 552. The van der Waals surface area contributed by atoms with E-state index in [1.54, 1.807) is 12.1 Å². The highest BCUT2D eigenvalue weighted by Gasteiger charge is 2.21. The summed E-state index contributed by atoms with van der Waals surface area (Å²) >= 11 is 0. The number of carboxylic acids is 1. The minimum absolute atomic E-state index is 0.0576. The molecular weight excluding hydrogens is 266 g/mol. The fourth-order valence-electron chi connectivity index (χ4n) is 1.86. The van der Waals surface area contributed by atoms with Crippen LogP contribution in [0.4, 0.5) is 5.69 Å². The molecule has 1 rings (SSSR count). The summed E-state index contributed by atoms with van der Waals surface area (Å²) in [5.74, 6) is -0.860. The van der Waals surface area contributed by atoms with Crippen molar-refractivity contribution in [3.05, 3.63) is 29.8 Å². The van der Waals surface area contributed by atoms with Gasteiger partial charge in [0.2, 0.25) is 10.0 Å². The van der Waals surface area contributed by atoms with Gasteiger partial charge in [0.05, 0.1) is 18.4 Å². The summed E-state index contributed by atoms with van der Waals surface area (Å²) in [6.07, 6.45) is 0.867. The maximum atomic E-state index is 11.9. The predicted octanol–water partition coefficient (Wildman–Crippen LogP) is 2.05. The van der Waals surface area contributed by atoms with Gasteiger partial charge in [-0.05, 0) is 17.5 Å². The van der Waals surface area contributed by atoms with Crippen LogP contribution >= 0.6 is 0 Å². The lowest BCUT2D eigenvalue weighted by Gasteiger charge is -2.25. The van der Waals surface area contributed by atoms with Crippen LogP contribution in [-0.4, -0.2) is 32.3 Å². The van der Waals surface area contributed by atoms with Crippen LogP contribution < -0.4 is 4.31 Å². The molecular formula is C13H19NO4S. The van der Waals surface area contributed by atoms with Crippen LogP contribution in [-0.2, 0) is 14.8 Å². The zero-order valence-corrected chi connectivity index (χ0v) is 12.1. The Hall–Kier alpha value is -1.56. The van der Waals surface area contributed by atoms with Gasteiger partial charge in [-0.15, -0.1) is 0 Å². The number of sulfonamides is 1. The standard InChI is InChI=1S/C13H19NO4S/c1-10(2)11-6-4-5-7-12(11)14(19(3,17)18)9-8-13(15)16/h4-7,10H,8-9H2,1-3H3,(H,15,16). The van der Waals surface area contributed by atoms with E-state index in [1.807, 2.05) is 26.0 Å². The Kier molecular flexibility index (Phi) is 4.94. The van der Waals surface area contributed by atoms with Crippen molar-refractivity contribution in [2.45, 2.75) is 26.2 Å². The molecule has 0 aromatic heterocycles. The Balaban J connectivity index is 3.22. The number of rotatable bonds is 6. The molecule has 0 saturated heterocycles. The van der Waals surface area contributed by atoms with E-state index in [2.05, 4.69) is 0 Å². The first-order valence-corrected chi connectivity index (χ1v) is 7.86. The van der Waals surface area contributed by atoms with E-state index in [0.717, 1.165) is 16.1 Å². The minimum atomic E-state index is -3.50. The summed E-state index contributed by atoms with van der Waals surface area (Å²) in [5, 5.41) is 8.73. The third kappa shape index (κ3) is 4.24. The highest BCUT2D eigenvalue weighted by atomic mass is 32.2. The Morgan fingerprint density at radius 3 is 2.37 bits per heavy atom. The van der Waals surface area contributed by atoms with E-state index in [9.17, 15) is 13.2 Å². The van der Waals surface area contributed by atoms with Gasteiger partial charge >= 0.3 is 5.97 Å². The summed E-state index contributed by atoms with van der Waals surface area (Å²) in [6, 6.07) is 7.16. The number of anilines is 1. The predicted molar refractivity (Wildman–Crippen MR) is 75.0 cm³/mol. The molecule has 5 nitrogen and oxygen atoms in total. The van der Waals surface area contributed by atoms with Crippen molar-refractivity contribution in [2.75, 3.05) is 17.1 Å². The first-order chi connectivity index (χ1) is 8.73. The molecule has 0 radical (unpaired) electrons. The summed E-state index contributed by atoms with van der Waals surface area (Å²) < 4.78 is 24.9. The molecule has 0 aliphatic carbocycles. The van der Waals surface area contributed by atoms with E-state index in [4.69, 9.17) is 5.11 Å². The third-order valence-electron chi connectivity index (χ3n) is 2.76. The molecule has 1 aromatic carbocycles. The van der Waals surface area contributed by atoms with Crippen molar-refractivity contribution >= 4 is 21.7 Å². The van der Waals surface area contributed by atoms with Gasteiger partial charge in [-0.3, -0.25) is 9.10 Å². The van der Waals surface area contributed by atoms with Crippen molar-refractivity contribution < 1.29 is 18.3 Å². The van der Waals surface area contributed by atoms with E-state index in [0.29, 0.717) is 5.69 Å². The van der Waals surface area contributed by atoms with Crippen molar-refractivity contribution in [1.29, 1.82) is 0 Å². The van der Waals surface area contributed by atoms with Crippen LogP contribution in [0.5, 0.6) is 0 Å². The summed E-state index contributed by atoms with van der Waals surface area (Å²) in [6.45, 7) is 3.88. The Labute approximate surface area is 113 Å². The topological polar surface area (TPSA) is 74.7 Å². The number of benzene rings is 1. The molecule has 1 N–H and O–H groups in total. The van der Waals surface area contributed by atoms with Crippen molar-refractivity contribution in [3.8, 4) is 0 Å². The van der Waals surface area contributed by atoms with E-state index >= 15 is 0 Å². The van der Waals surface area contributed by atoms with Gasteiger partial charge in [0.15, 0.2) is 0 Å². The molecule has 1 aromatic rings. The molecule has 0 unspecified atom stereocenters. The maximum absolute atomic E-state index is 11.9. The number of carboxylic acid groups (broad SMARTS) is 1. The number of aliphatic carboxylic acids is 1. The van der Waals surface area contributed by atoms with E-state index < -0.39 is 16.0 Å². The largest absolute Gasteiger partial charge is 0.481 e. The molecule has 19 heavy (non-hydrogen) atoms. The number of carbonyl (C=O) groups is 1. The number of nitrogens with zero attached hydrogens (tertiary/aromatic N) is 1. The zero-order chi connectivity index (χ0) is 14.6. The fourth-order valence-corrected chi connectivity index (χ4v) is 2.81. The van der Waals surface area contributed by atoms with E-state index in [1.165, 1.54) is 0 Å². The SMILES string of the molecule is CC(C)c1ccccc1N(CCC(=O)O)S(C)(=O)=O. The lowest BCUT2D eigenvalue weighted by molar-refractivity contribution is -0.136. The summed E-state index contributed by atoms with van der Waals surface area (Å²) in [4.78, 5) is 10.7. The van der Waals surface area contributed by atoms with Gasteiger partial charge in [0.1, 0.15) is 0 Å². The fraction of sp³-hybridized carbons (Fsp3) is 0.462. The summed E-state index contributed by atoms with van der Waals surface area (Å²) in [7, 11) is -3.50. The van der Waals surface area contributed by atoms with Gasteiger partial charge in [-0.25, -0.2) is 8.42 Å². The van der Waals surface area contributed by atoms with Gasteiger partial charge in [0, 0.05) is 6.54 Å². The zero-order valence-electron chi connectivity index (χ0n) is 11.3. The van der Waals surface area contributed by atoms with Crippen LogP contribution in [0.25, 0.3) is 0 Å². The molecule has 0 atom stereocenters. The second kappa shape index (κ2) is 6.06. The minimum Gasteiger partial charge on any atom is -0.481 e. The molecule has 6 heteroatoms. The molecule has 0 spiro atoms. The van der Waals surface area contributed by atoms with Gasteiger partial charge < -0.3 is 5.11 Å². The van der Waals surface area contributed by atoms with Crippen molar-refractivity contribution in [2.24, 2.45) is 0 Å². The smallest absolute Gasteiger partial charge is 0.305 e. The average Bonchev–Trinajstić information content (AvgIpc) is 2.27. The van der Waals surface area contributed by atoms with Crippen LogP contribution in [0, 0.1) is 0 Å². The molecule has 0 bridgehead atoms. The number of hydrogen-bond acceptors (Lipinski definition) is 3. The van der Waals surface area contributed by atoms with Gasteiger partial charge in [0.25, 0.3) is 0 Å². The van der Waals surface area contributed by atoms with Gasteiger partial charge in [-0.2, -0.15) is 0 Å². The number of para-hydroxylation sites is 1. The van der Waals surface area contributed by atoms with Crippen LogP contribution in [0.15, 0.2) is 24.3 Å². The lowest BCUT2D eigenvalue weighted by Crippen LogP contribution is -2.32. The monoisotopic (exact) mass is 285 g/mol. The lowest BCUT2D eigenvalue weighted by atomic mass is 10.0. The number of hydrogen-bond donors (Lipinski definition) is 1. The van der Waals surface area contributed by atoms with Crippen molar-refractivity contribution in [3.63, 3.8) is 0 Å². The van der Waals surface area contributed by atoms with E-state index in [-0.39, 0.29) is 18.9 Å². The molecule has 0 aliphatic rings. The third-order valence-corrected chi connectivity index (χ3v) is 3.94.